The lowest BCUT2D eigenvalue weighted by molar-refractivity contribution is -0.140. The average molecular weight is 605 g/mol. The van der Waals surface area contributed by atoms with E-state index in [2.05, 4.69) is 5.32 Å². The van der Waals surface area contributed by atoms with Crippen molar-refractivity contribution in [3.05, 3.63) is 76.3 Å². The molecule has 1 aliphatic carbocycles. The Morgan fingerprint density at radius 2 is 1.68 bits per heavy atom. The minimum Gasteiger partial charge on any atom is -0.352 e. The van der Waals surface area contributed by atoms with Crippen LogP contribution in [0.25, 0.3) is 10.8 Å². The molecule has 0 radical (unpaired) electrons. The zero-order chi connectivity index (χ0) is 28.9. The molecule has 3 aromatic carbocycles. The van der Waals surface area contributed by atoms with Crippen LogP contribution in [0.1, 0.15) is 51.0 Å². The van der Waals surface area contributed by atoms with Crippen LogP contribution in [0.5, 0.6) is 0 Å². The SMILES string of the molecule is CC[C@H](C(=O)NC1CCCCC1)N(Cc1ccc(Cl)c(Cl)c1)C(=O)CN(c1cccc2ccccc12)S(C)(=O)=O. The van der Waals surface area contributed by atoms with Gasteiger partial charge in [0.1, 0.15) is 12.6 Å². The van der Waals surface area contributed by atoms with Gasteiger partial charge in [-0.3, -0.25) is 13.9 Å². The van der Waals surface area contributed by atoms with Gasteiger partial charge >= 0.3 is 0 Å². The predicted octanol–water partition coefficient (Wildman–Crippen LogP) is 6.17. The van der Waals surface area contributed by atoms with Crippen LogP contribution in [0.3, 0.4) is 0 Å². The lowest BCUT2D eigenvalue weighted by Crippen LogP contribution is -2.54. The molecule has 0 saturated heterocycles. The molecule has 1 saturated carbocycles. The van der Waals surface area contributed by atoms with E-state index in [1.807, 2.05) is 37.3 Å². The summed E-state index contributed by atoms with van der Waals surface area (Å²) >= 11 is 12.4. The van der Waals surface area contributed by atoms with Crippen molar-refractivity contribution >= 4 is 61.5 Å². The van der Waals surface area contributed by atoms with Crippen molar-refractivity contribution in [1.82, 2.24) is 10.2 Å². The zero-order valence-corrected chi connectivity index (χ0v) is 25.1. The molecule has 40 heavy (non-hydrogen) atoms. The van der Waals surface area contributed by atoms with E-state index < -0.39 is 28.5 Å². The Kier molecular flexibility index (Phi) is 9.98. The van der Waals surface area contributed by atoms with Crippen molar-refractivity contribution in [3.63, 3.8) is 0 Å². The first-order valence-corrected chi connectivity index (χ1v) is 16.2. The molecule has 0 aromatic heterocycles. The lowest BCUT2D eigenvalue weighted by Gasteiger charge is -2.34. The first-order chi connectivity index (χ1) is 19.1. The van der Waals surface area contributed by atoms with Crippen molar-refractivity contribution < 1.29 is 18.0 Å². The standard InChI is InChI=1S/C30H35Cl2N3O4S/c1-3-27(30(37)33-23-12-5-4-6-13-23)34(19-21-16-17-25(31)26(32)18-21)29(36)20-35(40(2,38)39)28-15-9-11-22-10-7-8-14-24(22)28/h7-11,14-18,23,27H,3-6,12-13,19-20H2,1-2H3,(H,33,37)/t27-/m1/s1. The third-order valence-corrected chi connectivity index (χ3v) is 9.25. The highest BCUT2D eigenvalue weighted by Gasteiger charge is 2.33. The maximum atomic E-state index is 14.0. The number of anilines is 1. The minimum atomic E-state index is -3.85. The third kappa shape index (κ3) is 7.28. The highest BCUT2D eigenvalue weighted by molar-refractivity contribution is 7.92. The van der Waals surface area contributed by atoms with Crippen LogP contribution in [0.15, 0.2) is 60.7 Å². The molecule has 2 amide bonds. The molecule has 1 atom stereocenters. The summed E-state index contributed by atoms with van der Waals surface area (Å²) in [4.78, 5) is 29.0. The molecule has 10 heteroatoms. The molecule has 0 unspecified atom stereocenters. The predicted molar refractivity (Wildman–Crippen MR) is 162 cm³/mol. The average Bonchev–Trinajstić information content (AvgIpc) is 2.93. The summed E-state index contributed by atoms with van der Waals surface area (Å²) in [6, 6.07) is 17.1. The molecule has 0 aliphatic heterocycles. The fourth-order valence-electron chi connectivity index (χ4n) is 5.32. The number of hydrogen-bond donors (Lipinski definition) is 1. The van der Waals surface area contributed by atoms with Gasteiger partial charge in [0.2, 0.25) is 21.8 Å². The fourth-order valence-corrected chi connectivity index (χ4v) is 6.50. The van der Waals surface area contributed by atoms with E-state index >= 15 is 0 Å². The Hall–Kier alpha value is -2.81. The van der Waals surface area contributed by atoms with Crippen LogP contribution < -0.4 is 9.62 Å². The van der Waals surface area contributed by atoms with Crippen LogP contribution in [0.4, 0.5) is 5.69 Å². The quantitative estimate of drug-likeness (QED) is 0.300. The van der Waals surface area contributed by atoms with Gasteiger partial charge in [-0.25, -0.2) is 8.42 Å². The Balaban J connectivity index is 1.69. The Labute approximate surface area is 246 Å². The van der Waals surface area contributed by atoms with Crippen LogP contribution in [0, 0.1) is 0 Å². The number of nitrogens with one attached hydrogen (secondary N) is 1. The molecule has 1 N–H and O–H groups in total. The van der Waals surface area contributed by atoms with E-state index in [9.17, 15) is 18.0 Å². The number of rotatable bonds is 10. The maximum absolute atomic E-state index is 14.0. The number of carbonyl (C=O) groups excluding carboxylic acids is 2. The van der Waals surface area contributed by atoms with Gasteiger partial charge in [-0.2, -0.15) is 0 Å². The van der Waals surface area contributed by atoms with Crippen molar-refractivity contribution in [2.75, 3.05) is 17.1 Å². The number of halogens is 2. The first kappa shape index (κ1) is 30.2. The smallest absolute Gasteiger partial charge is 0.244 e. The molecular weight excluding hydrogens is 569 g/mol. The summed E-state index contributed by atoms with van der Waals surface area (Å²) in [7, 11) is -3.85. The van der Waals surface area contributed by atoms with E-state index in [0.29, 0.717) is 33.1 Å². The Morgan fingerprint density at radius 1 is 0.975 bits per heavy atom. The first-order valence-electron chi connectivity index (χ1n) is 13.6. The van der Waals surface area contributed by atoms with E-state index in [-0.39, 0.29) is 18.5 Å². The van der Waals surface area contributed by atoms with Crippen LogP contribution >= 0.6 is 23.2 Å². The van der Waals surface area contributed by atoms with E-state index in [1.165, 1.54) is 4.90 Å². The van der Waals surface area contributed by atoms with Crippen molar-refractivity contribution in [2.24, 2.45) is 0 Å². The molecule has 214 valence electrons. The highest BCUT2D eigenvalue weighted by Crippen LogP contribution is 2.29. The maximum Gasteiger partial charge on any atom is 0.244 e. The number of sulfonamides is 1. The van der Waals surface area contributed by atoms with Gasteiger partial charge in [0, 0.05) is 18.0 Å². The van der Waals surface area contributed by atoms with Crippen molar-refractivity contribution in [2.45, 2.75) is 64.1 Å². The number of benzene rings is 3. The summed E-state index contributed by atoms with van der Waals surface area (Å²) in [5.41, 5.74) is 1.09. The summed E-state index contributed by atoms with van der Waals surface area (Å²) in [6.07, 6.45) is 6.53. The molecule has 7 nitrogen and oxygen atoms in total. The van der Waals surface area contributed by atoms with Gasteiger partial charge in [-0.05, 0) is 48.4 Å². The van der Waals surface area contributed by atoms with Gasteiger partial charge in [0.25, 0.3) is 0 Å². The van der Waals surface area contributed by atoms with E-state index in [4.69, 9.17) is 23.2 Å². The topological polar surface area (TPSA) is 86.8 Å². The molecule has 1 fully saturated rings. The number of nitrogens with zero attached hydrogens (tertiary/aromatic N) is 2. The molecule has 0 bridgehead atoms. The van der Waals surface area contributed by atoms with Gasteiger partial charge in [0.05, 0.1) is 22.0 Å². The van der Waals surface area contributed by atoms with Gasteiger partial charge in [0.15, 0.2) is 0 Å². The van der Waals surface area contributed by atoms with Crippen LogP contribution in [-0.4, -0.2) is 50.0 Å². The number of carbonyl (C=O) groups is 2. The molecule has 0 spiro atoms. The highest BCUT2D eigenvalue weighted by atomic mass is 35.5. The Morgan fingerprint density at radius 3 is 2.35 bits per heavy atom. The third-order valence-electron chi connectivity index (χ3n) is 7.39. The van der Waals surface area contributed by atoms with Gasteiger partial charge in [-0.1, -0.05) is 91.9 Å². The minimum absolute atomic E-state index is 0.0689. The molecular formula is C30H35Cl2N3O4S. The van der Waals surface area contributed by atoms with Crippen molar-refractivity contribution in [1.29, 1.82) is 0 Å². The second-order valence-electron chi connectivity index (χ2n) is 10.3. The van der Waals surface area contributed by atoms with E-state index in [1.54, 1.807) is 30.3 Å². The normalized spacial score (nSPS) is 15.0. The molecule has 3 aromatic rings. The van der Waals surface area contributed by atoms with Crippen molar-refractivity contribution in [3.8, 4) is 0 Å². The van der Waals surface area contributed by atoms with Crippen LogP contribution in [0.2, 0.25) is 10.0 Å². The molecule has 1 aliphatic rings. The molecule has 0 heterocycles. The Bertz CT molecular complexity index is 1470. The molecule has 4 rings (SSSR count). The lowest BCUT2D eigenvalue weighted by atomic mass is 9.95. The summed E-state index contributed by atoms with van der Waals surface area (Å²) in [6.45, 7) is 1.46. The van der Waals surface area contributed by atoms with Crippen LogP contribution in [-0.2, 0) is 26.2 Å². The summed E-state index contributed by atoms with van der Waals surface area (Å²) in [5.74, 6) is -0.728. The monoisotopic (exact) mass is 603 g/mol. The van der Waals surface area contributed by atoms with Gasteiger partial charge < -0.3 is 10.2 Å². The second kappa shape index (κ2) is 13.2. The number of amides is 2. The van der Waals surface area contributed by atoms with E-state index in [0.717, 1.165) is 48.1 Å². The van der Waals surface area contributed by atoms with Gasteiger partial charge in [-0.15, -0.1) is 0 Å². The number of fused-ring (bicyclic) bond motifs is 1. The second-order valence-corrected chi connectivity index (χ2v) is 13.0. The summed E-state index contributed by atoms with van der Waals surface area (Å²) < 4.78 is 27.2. The summed E-state index contributed by atoms with van der Waals surface area (Å²) in [5, 5.41) is 5.41. The number of hydrogen-bond acceptors (Lipinski definition) is 4. The largest absolute Gasteiger partial charge is 0.352 e. The fraction of sp³-hybridized carbons (Fsp3) is 0.400. The zero-order valence-electron chi connectivity index (χ0n) is 22.8.